The number of nitrogens with zero attached hydrogens (tertiary/aromatic N) is 3. The average molecular weight is 463 g/mol. The summed E-state index contributed by atoms with van der Waals surface area (Å²) in [5.74, 6) is -1.67. The van der Waals surface area contributed by atoms with Gasteiger partial charge in [0.1, 0.15) is 11.6 Å². The predicted octanol–water partition coefficient (Wildman–Crippen LogP) is -0.996. The van der Waals surface area contributed by atoms with Gasteiger partial charge in [-0.3, -0.25) is 25.0 Å². The number of likely N-dealkylation sites (tertiary alicyclic amines) is 1. The lowest BCUT2D eigenvalue weighted by Gasteiger charge is -2.38. The van der Waals surface area contributed by atoms with Crippen LogP contribution in [0.5, 0.6) is 0 Å². The molecule has 3 fully saturated rings. The van der Waals surface area contributed by atoms with E-state index in [0.717, 1.165) is 4.90 Å². The van der Waals surface area contributed by atoms with Gasteiger partial charge in [-0.25, -0.2) is 9.59 Å². The van der Waals surface area contributed by atoms with Crippen molar-refractivity contribution < 1.29 is 41.2 Å². The van der Waals surface area contributed by atoms with Gasteiger partial charge in [0.2, 0.25) is 5.91 Å². The van der Waals surface area contributed by atoms with Crippen molar-refractivity contribution in [2.24, 2.45) is 5.92 Å². The largest absolute Gasteiger partial charge is 0.444 e. The van der Waals surface area contributed by atoms with Gasteiger partial charge in [0.25, 0.3) is 5.91 Å². The third-order valence-electron chi connectivity index (χ3n) is 5.01. The van der Waals surface area contributed by atoms with Crippen LogP contribution in [0.1, 0.15) is 33.6 Å². The van der Waals surface area contributed by atoms with Crippen molar-refractivity contribution >= 4 is 34.3 Å². The van der Waals surface area contributed by atoms with Crippen LogP contribution >= 0.6 is 0 Å². The first-order chi connectivity index (χ1) is 14.2. The summed E-state index contributed by atoms with van der Waals surface area (Å²) in [4.78, 5) is 51.3. The minimum atomic E-state index is -4.88. The first-order valence-electron chi connectivity index (χ1n) is 9.59. The Morgan fingerprint density at radius 3 is 2.26 bits per heavy atom. The van der Waals surface area contributed by atoms with Crippen LogP contribution < -0.4 is 10.9 Å². The lowest BCUT2D eigenvalue weighted by atomic mass is 10.00. The molecule has 0 aromatic heterocycles. The molecule has 3 heterocycles. The number of piperidine rings is 1. The molecule has 3 N–H and O–H groups in total. The van der Waals surface area contributed by atoms with E-state index in [0.29, 0.717) is 5.06 Å². The molecule has 174 valence electrons. The maximum Gasteiger partial charge on any atom is 0.418 e. The molecule has 0 radical (unpaired) electrons. The van der Waals surface area contributed by atoms with Gasteiger partial charge in [0, 0.05) is 19.6 Å². The number of ether oxygens (including phenoxy) is 1. The Morgan fingerprint density at radius 1 is 1.06 bits per heavy atom. The number of urea groups is 1. The number of amides is 5. The van der Waals surface area contributed by atoms with Gasteiger partial charge in [-0.05, 0) is 33.6 Å². The van der Waals surface area contributed by atoms with Crippen LogP contribution in [0.15, 0.2) is 0 Å². The molecule has 0 aliphatic carbocycles. The van der Waals surface area contributed by atoms with Crippen molar-refractivity contribution in [1.29, 1.82) is 0 Å². The third kappa shape index (κ3) is 5.34. The maximum absolute atomic E-state index is 12.5. The second kappa shape index (κ2) is 8.12. The number of fused-ring (bicyclic) bond motifs is 2. The van der Waals surface area contributed by atoms with Gasteiger partial charge in [-0.1, -0.05) is 0 Å². The maximum atomic E-state index is 12.5. The summed E-state index contributed by atoms with van der Waals surface area (Å²) in [6.07, 6.45) is -0.0575. The zero-order valence-electron chi connectivity index (χ0n) is 17.2. The quantitative estimate of drug-likeness (QED) is 0.349. The van der Waals surface area contributed by atoms with E-state index in [4.69, 9.17) is 9.29 Å². The fourth-order valence-corrected chi connectivity index (χ4v) is 3.92. The van der Waals surface area contributed by atoms with Crippen molar-refractivity contribution in [3.63, 3.8) is 0 Å². The van der Waals surface area contributed by atoms with Crippen LogP contribution in [-0.2, 0) is 29.0 Å². The number of hydrazine groups is 1. The van der Waals surface area contributed by atoms with Gasteiger partial charge in [-0.2, -0.15) is 13.5 Å². The molecule has 0 unspecified atom stereocenters. The lowest BCUT2D eigenvalue weighted by Crippen LogP contribution is -2.60. The van der Waals surface area contributed by atoms with Crippen LogP contribution in [-0.4, -0.2) is 89.1 Å². The summed E-state index contributed by atoms with van der Waals surface area (Å²) in [6, 6.07) is -2.45. The molecule has 0 saturated carbocycles. The van der Waals surface area contributed by atoms with Gasteiger partial charge >= 0.3 is 22.5 Å². The van der Waals surface area contributed by atoms with Crippen LogP contribution in [0.2, 0.25) is 0 Å². The first-order valence-corrected chi connectivity index (χ1v) is 11.0. The first kappa shape index (κ1) is 23.0. The molecule has 3 saturated heterocycles. The van der Waals surface area contributed by atoms with E-state index in [1.54, 1.807) is 20.8 Å². The normalized spacial score (nSPS) is 24.0. The molecule has 14 nitrogen and oxygen atoms in total. The molecule has 2 atom stereocenters. The number of hydrogen-bond acceptors (Lipinski definition) is 8. The van der Waals surface area contributed by atoms with Crippen LogP contribution in [0, 0.1) is 5.92 Å². The monoisotopic (exact) mass is 463 g/mol. The zero-order valence-corrected chi connectivity index (χ0v) is 18.0. The SMILES string of the molecule is CC(C)(C)OC(=O)N1CC(C(=O)NNC(=O)[C@@H]2CC[C@H]3CN2C(=O)N3OS(=O)(=O)O)C1. The molecular formula is C16H25N5O9S. The molecule has 0 aromatic rings. The summed E-state index contributed by atoms with van der Waals surface area (Å²) >= 11 is 0. The van der Waals surface area contributed by atoms with E-state index in [1.807, 2.05) is 0 Å². The molecule has 15 heteroatoms. The van der Waals surface area contributed by atoms with Crippen molar-refractivity contribution in [3.05, 3.63) is 0 Å². The number of carbonyl (C=O) groups is 4. The minimum absolute atomic E-state index is 0.0356. The molecule has 3 aliphatic heterocycles. The number of hydroxylamine groups is 2. The number of hydrogen-bond donors (Lipinski definition) is 3. The van der Waals surface area contributed by atoms with Crippen molar-refractivity contribution in [3.8, 4) is 0 Å². The number of carbonyl (C=O) groups excluding carboxylic acids is 4. The Labute approximate surface area is 178 Å². The fourth-order valence-electron chi connectivity index (χ4n) is 3.53. The van der Waals surface area contributed by atoms with Gasteiger partial charge in [-0.15, -0.1) is 4.28 Å². The molecular weight excluding hydrogens is 438 g/mol. The Balaban J connectivity index is 1.46. The molecule has 31 heavy (non-hydrogen) atoms. The minimum Gasteiger partial charge on any atom is -0.444 e. The van der Waals surface area contributed by atoms with Crippen molar-refractivity contribution in [2.45, 2.75) is 51.3 Å². The molecule has 0 spiro atoms. The smallest absolute Gasteiger partial charge is 0.418 e. The fraction of sp³-hybridized carbons (Fsp3) is 0.750. The van der Waals surface area contributed by atoms with Crippen molar-refractivity contribution in [2.75, 3.05) is 19.6 Å². The van der Waals surface area contributed by atoms with Crippen molar-refractivity contribution in [1.82, 2.24) is 25.7 Å². The van der Waals surface area contributed by atoms with Gasteiger partial charge < -0.3 is 14.5 Å². The second-order valence-electron chi connectivity index (χ2n) is 8.57. The molecule has 3 aliphatic rings. The van der Waals surface area contributed by atoms with Crippen LogP contribution in [0.25, 0.3) is 0 Å². The van der Waals surface area contributed by atoms with Crippen LogP contribution in [0.3, 0.4) is 0 Å². The van der Waals surface area contributed by atoms with Gasteiger partial charge in [0.15, 0.2) is 0 Å². The highest BCUT2D eigenvalue weighted by molar-refractivity contribution is 7.80. The predicted molar refractivity (Wildman–Crippen MR) is 101 cm³/mol. The van der Waals surface area contributed by atoms with E-state index >= 15 is 0 Å². The standard InChI is InChI=1S/C16H25N5O9S/c1-16(2,3)29-15(25)19-6-9(7-19)12(22)17-18-13(23)11-5-4-10-8-20(11)14(24)21(10)30-31(26,27)28/h9-11H,4-8H2,1-3H3,(H,17,22)(H,18,23)(H,26,27,28)/t10-,11-/m0/s1. The summed E-state index contributed by atoms with van der Waals surface area (Å²) in [7, 11) is -4.88. The number of nitrogens with one attached hydrogen (secondary N) is 2. The highest BCUT2D eigenvalue weighted by Crippen LogP contribution is 2.30. The summed E-state index contributed by atoms with van der Waals surface area (Å²) < 4.78 is 40.1. The summed E-state index contributed by atoms with van der Waals surface area (Å²) in [5, 5.41) is 0.529. The topological polar surface area (TPSA) is 175 Å². The molecule has 2 bridgehead atoms. The Hall–Kier alpha value is -2.65. The average Bonchev–Trinajstić information content (AvgIpc) is 2.80. The summed E-state index contributed by atoms with van der Waals surface area (Å²) in [6.45, 7) is 5.53. The van der Waals surface area contributed by atoms with E-state index in [-0.39, 0.29) is 32.5 Å². The summed E-state index contributed by atoms with van der Waals surface area (Å²) in [5.41, 5.74) is 3.89. The Kier molecular flexibility index (Phi) is 6.03. The van der Waals surface area contributed by atoms with Crippen LogP contribution in [0.4, 0.5) is 9.59 Å². The lowest BCUT2D eigenvalue weighted by molar-refractivity contribution is -0.136. The molecule has 0 aromatic carbocycles. The Morgan fingerprint density at radius 2 is 1.68 bits per heavy atom. The molecule has 5 amide bonds. The van der Waals surface area contributed by atoms with E-state index < -0.39 is 57.9 Å². The zero-order chi connectivity index (χ0) is 23.1. The molecule has 3 rings (SSSR count). The highest BCUT2D eigenvalue weighted by Gasteiger charge is 2.49. The van der Waals surface area contributed by atoms with E-state index in [9.17, 15) is 27.6 Å². The van der Waals surface area contributed by atoms with E-state index in [2.05, 4.69) is 15.1 Å². The Bertz CT molecular complexity index is 880. The second-order valence-corrected chi connectivity index (χ2v) is 9.58. The third-order valence-corrected chi connectivity index (χ3v) is 5.36. The highest BCUT2D eigenvalue weighted by atomic mass is 32.3. The number of rotatable bonds is 4. The van der Waals surface area contributed by atoms with E-state index in [1.165, 1.54) is 4.90 Å². The van der Waals surface area contributed by atoms with Gasteiger partial charge in [0.05, 0.1) is 12.0 Å².